The molecule has 1 aromatic rings. The van der Waals surface area contributed by atoms with E-state index in [4.69, 9.17) is 9.72 Å². The number of ether oxygens (including phenoxy) is 1. The van der Waals surface area contributed by atoms with E-state index in [2.05, 4.69) is 26.1 Å². The molecule has 0 radical (unpaired) electrons. The highest BCUT2D eigenvalue weighted by Crippen LogP contribution is 2.40. The largest absolute Gasteiger partial charge is 0.378 e. The maximum Gasteiger partial charge on any atom is 0.0963 e. The highest BCUT2D eigenvalue weighted by Gasteiger charge is 2.27. The maximum atomic E-state index is 5.31. The molecular formula is C17H30N2OS. The van der Waals surface area contributed by atoms with Gasteiger partial charge < -0.3 is 10.1 Å². The van der Waals surface area contributed by atoms with E-state index in [9.17, 15) is 0 Å². The molecule has 4 heteroatoms. The summed E-state index contributed by atoms with van der Waals surface area (Å²) in [5, 5.41) is 4.76. The number of nitrogens with one attached hydrogen (secondary N) is 1. The van der Waals surface area contributed by atoms with Crippen LogP contribution in [0.3, 0.4) is 0 Å². The molecule has 1 saturated carbocycles. The molecule has 120 valence electrons. The first-order chi connectivity index (χ1) is 10.2. The zero-order valence-electron chi connectivity index (χ0n) is 13.9. The van der Waals surface area contributed by atoms with Crippen molar-refractivity contribution in [3.8, 4) is 0 Å². The third kappa shape index (κ3) is 4.51. The minimum Gasteiger partial charge on any atom is -0.378 e. The fraction of sp³-hybridized carbons (Fsp3) is 0.824. The molecule has 0 unspecified atom stereocenters. The van der Waals surface area contributed by atoms with Crippen molar-refractivity contribution in [2.24, 2.45) is 11.8 Å². The van der Waals surface area contributed by atoms with Crippen LogP contribution in [0.1, 0.15) is 68.0 Å². The predicted molar refractivity (Wildman–Crippen MR) is 89.7 cm³/mol. The molecule has 0 saturated heterocycles. The van der Waals surface area contributed by atoms with E-state index in [0.29, 0.717) is 12.5 Å². The first-order valence-corrected chi connectivity index (χ1v) is 9.15. The van der Waals surface area contributed by atoms with Gasteiger partial charge in [-0.3, -0.25) is 0 Å². The van der Waals surface area contributed by atoms with Gasteiger partial charge in [-0.05, 0) is 44.1 Å². The Labute approximate surface area is 133 Å². The molecule has 0 spiro atoms. The van der Waals surface area contributed by atoms with Crippen molar-refractivity contribution >= 4 is 11.3 Å². The molecule has 2 rings (SSSR count). The smallest absolute Gasteiger partial charge is 0.0963 e. The van der Waals surface area contributed by atoms with Gasteiger partial charge in [0.15, 0.2) is 0 Å². The van der Waals surface area contributed by atoms with Gasteiger partial charge in [-0.15, -0.1) is 11.3 Å². The molecule has 0 aromatic carbocycles. The predicted octanol–water partition coefficient (Wildman–Crippen LogP) is 4.33. The normalized spacial score (nSPS) is 22.9. The molecule has 21 heavy (non-hydrogen) atoms. The van der Waals surface area contributed by atoms with Crippen LogP contribution >= 0.6 is 11.3 Å². The summed E-state index contributed by atoms with van der Waals surface area (Å²) in [7, 11) is 1.75. The Hall–Kier alpha value is -0.450. The van der Waals surface area contributed by atoms with Crippen LogP contribution in [0.25, 0.3) is 0 Å². The number of aromatic nitrogens is 1. The lowest BCUT2D eigenvalue weighted by Crippen LogP contribution is -2.17. The van der Waals surface area contributed by atoms with Crippen LogP contribution in [0.5, 0.6) is 0 Å². The quantitative estimate of drug-likeness (QED) is 0.814. The van der Waals surface area contributed by atoms with Gasteiger partial charge in [-0.1, -0.05) is 20.8 Å². The SMILES string of the molecule is CCNCc1sc(C2CCC(C(C)C)CC2)nc1COC. The van der Waals surface area contributed by atoms with Crippen molar-refractivity contribution < 1.29 is 4.74 Å². The third-order valence-electron chi connectivity index (χ3n) is 4.68. The Balaban J connectivity index is 2.02. The molecule has 0 amide bonds. The molecule has 0 bridgehead atoms. The van der Waals surface area contributed by atoms with E-state index in [1.54, 1.807) is 7.11 Å². The van der Waals surface area contributed by atoms with E-state index in [1.807, 2.05) is 11.3 Å². The Morgan fingerprint density at radius 1 is 1.29 bits per heavy atom. The number of hydrogen-bond acceptors (Lipinski definition) is 4. The molecule has 0 atom stereocenters. The number of nitrogens with zero attached hydrogens (tertiary/aromatic N) is 1. The van der Waals surface area contributed by atoms with Gasteiger partial charge >= 0.3 is 0 Å². The summed E-state index contributed by atoms with van der Waals surface area (Å²) in [5.74, 6) is 2.42. The lowest BCUT2D eigenvalue weighted by molar-refractivity contribution is 0.181. The van der Waals surface area contributed by atoms with Gasteiger partial charge in [-0.25, -0.2) is 4.98 Å². The lowest BCUT2D eigenvalue weighted by atomic mass is 9.77. The number of methoxy groups -OCH3 is 1. The van der Waals surface area contributed by atoms with Gasteiger partial charge in [0, 0.05) is 24.4 Å². The fourth-order valence-electron chi connectivity index (χ4n) is 3.24. The van der Waals surface area contributed by atoms with Gasteiger partial charge in [0.05, 0.1) is 17.3 Å². The topological polar surface area (TPSA) is 34.2 Å². The molecule has 1 aromatic heterocycles. The van der Waals surface area contributed by atoms with E-state index >= 15 is 0 Å². The van der Waals surface area contributed by atoms with E-state index < -0.39 is 0 Å². The van der Waals surface area contributed by atoms with Crippen LogP contribution in [0.2, 0.25) is 0 Å². The standard InChI is InChI=1S/C17H30N2OS/c1-5-18-10-16-15(11-20-4)19-17(21-16)14-8-6-13(7-9-14)12(2)3/h12-14,18H,5-11H2,1-4H3. The highest BCUT2D eigenvalue weighted by molar-refractivity contribution is 7.11. The molecule has 0 aliphatic heterocycles. The summed E-state index contributed by atoms with van der Waals surface area (Å²) >= 11 is 1.90. The average Bonchev–Trinajstić information content (AvgIpc) is 2.88. The first-order valence-electron chi connectivity index (χ1n) is 8.33. The second-order valence-electron chi connectivity index (χ2n) is 6.49. The Morgan fingerprint density at radius 3 is 2.57 bits per heavy atom. The summed E-state index contributed by atoms with van der Waals surface area (Å²) in [6.45, 7) is 9.43. The minimum absolute atomic E-state index is 0.637. The van der Waals surface area contributed by atoms with Crippen molar-refractivity contribution in [1.29, 1.82) is 0 Å². The summed E-state index contributed by atoms with van der Waals surface area (Å²) in [5.41, 5.74) is 1.14. The molecule has 3 nitrogen and oxygen atoms in total. The molecule has 1 fully saturated rings. The first kappa shape index (κ1) is 16.9. The molecule has 1 aliphatic rings. The average molecular weight is 311 g/mol. The van der Waals surface area contributed by atoms with E-state index in [1.165, 1.54) is 35.6 Å². The molecule has 1 N–H and O–H groups in total. The molecular weight excluding hydrogens is 280 g/mol. The van der Waals surface area contributed by atoms with Gasteiger partial charge in [-0.2, -0.15) is 0 Å². The molecule has 1 aliphatic carbocycles. The van der Waals surface area contributed by atoms with Crippen LogP contribution in [0.15, 0.2) is 0 Å². The van der Waals surface area contributed by atoms with Crippen LogP contribution in [0, 0.1) is 11.8 Å². The van der Waals surface area contributed by atoms with Gasteiger partial charge in [0.25, 0.3) is 0 Å². The van der Waals surface area contributed by atoms with Crippen molar-refractivity contribution in [2.75, 3.05) is 13.7 Å². The van der Waals surface area contributed by atoms with Crippen LogP contribution in [-0.4, -0.2) is 18.6 Å². The van der Waals surface area contributed by atoms with Crippen molar-refractivity contribution in [1.82, 2.24) is 10.3 Å². The second-order valence-corrected chi connectivity index (χ2v) is 7.61. The maximum absolute atomic E-state index is 5.31. The Bertz CT molecular complexity index is 422. The van der Waals surface area contributed by atoms with Crippen molar-refractivity contribution in [3.05, 3.63) is 15.6 Å². The Kier molecular flexibility index (Phi) is 6.65. The second kappa shape index (κ2) is 8.25. The monoisotopic (exact) mass is 310 g/mol. The summed E-state index contributed by atoms with van der Waals surface area (Å²) in [6.07, 6.45) is 5.35. The zero-order valence-corrected chi connectivity index (χ0v) is 14.8. The van der Waals surface area contributed by atoms with Crippen molar-refractivity contribution in [2.45, 2.75) is 65.5 Å². The van der Waals surface area contributed by atoms with E-state index in [-0.39, 0.29) is 0 Å². The third-order valence-corrected chi connectivity index (χ3v) is 5.94. The highest BCUT2D eigenvalue weighted by atomic mass is 32.1. The minimum atomic E-state index is 0.637. The van der Waals surface area contributed by atoms with Gasteiger partial charge in [0.2, 0.25) is 0 Å². The van der Waals surface area contributed by atoms with Crippen LogP contribution in [0.4, 0.5) is 0 Å². The number of thiazole rings is 1. The van der Waals surface area contributed by atoms with Gasteiger partial charge in [0.1, 0.15) is 0 Å². The number of rotatable bonds is 7. The summed E-state index contributed by atoms with van der Waals surface area (Å²) < 4.78 is 5.31. The summed E-state index contributed by atoms with van der Waals surface area (Å²) in [4.78, 5) is 6.26. The zero-order chi connectivity index (χ0) is 15.2. The van der Waals surface area contributed by atoms with Crippen LogP contribution < -0.4 is 5.32 Å². The van der Waals surface area contributed by atoms with Crippen molar-refractivity contribution in [3.63, 3.8) is 0 Å². The number of hydrogen-bond donors (Lipinski definition) is 1. The Morgan fingerprint density at radius 2 is 2.00 bits per heavy atom. The summed E-state index contributed by atoms with van der Waals surface area (Å²) in [6, 6.07) is 0. The molecule has 1 heterocycles. The van der Waals surface area contributed by atoms with E-state index in [0.717, 1.165) is 30.6 Å². The fourth-order valence-corrected chi connectivity index (χ4v) is 4.44. The van der Waals surface area contributed by atoms with Crippen LogP contribution in [-0.2, 0) is 17.9 Å². The lowest BCUT2D eigenvalue weighted by Gasteiger charge is -2.29.